The highest BCUT2D eigenvalue weighted by Gasteiger charge is 2.29. The first kappa shape index (κ1) is 20.0. The van der Waals surface area contributed by atoms with Gasteiger partial charge >= 0.3 is 5.82 Å². The molecule has 0 atom stereocenters. The Hall–Kier alpha value is -4.34. The summed E-state index contributed by atoms with van der Waals surface area (Å²) in [6.07, 6.45) is 2.75. The first-order valence-electron chi connectivity index (χ1n) is 9.27. The predicted molar refractivity (Wildman–Crippen MR) is 110 cm³/mol. The minimum absolute atomic E-state index is 0.0116. The monoisotopic (exact) mass is 421 g/mol. The van der Waals surface area contributed by atoms with E-state index in [1.54, 1.807) is 24.3 Å². The van der Waals surface area contributed by atoms with Crippen molar-refractivity contribution < 1.29 is 18.9 Å². The summed E-state index contributed by atoms with van der Waals surface area (Å²) in [6.45, 7) is 3.67. The number of carbonyl (C=O) groups excluding carboxylic acids is 2. The molecule has 2 amide bonds. The van der Waals surface area contributed by atoms with Crippen molar-refractivity contribution in [3.63, 3.8) is 0 Å². The van der Waals surface area contributed by atoms with Gasteiger partial charge in [-0.2, -0.15) is 0 Å². The normalized spacial score (nSPS) is 12.6. The average molecular weight is 421 g/mol. The van der Waals surface area contributed by atoms with Crippen molar-refractivity contribution in [2.75, 3.05) is 11.9 Å². The Bertz CT molecular complexity index is 1250. The first-order valence-corrected chi connectivity index (χ1v) is 9.27. The van der Waals surface area contributed by atoms with E-state index in [2.05, 4.69) is 22.3 Å². The zero-order valence-corrected chi connectivity index (χ0v) is 16.1. The van der Waals surface area contributed by atoms with Gasteiger partial charge in [-0.15, -0.1) is 4.68 Å². The van der Waals surface area contributed by atoms with Crippen LogP contribution in [0.3, 0.4) is 0 Å². The molecular weight excluding hydrogens is 405 g/mol. The summed E-state index contributed by atoms with van der Waals surface area (Å²) >= 11 is 0. The summed E-state index contributed by atoms with van der Waals surface area (Å²) in [6, 6.07) is 9.27. The van der Waals surface area contributed by atoms with E-state index in [0.29, 0.717) is 11.4 Å². The topological polar surface area (TPSA) is 119 Å². The third-order valence-electron chi connectivity index (χ3n) is 4.87. The minimum atomic E-state index is -0.694. The predicted octanol–water partition coefficient (Wildman–Crippen LogP) is 3.00. The number of hydrogen-bond acceptors (Lipinski definition) is 5. The molecule has 9 nitrogen and oxygen atoms in total. The van der Waals surface area contributed by atoms with Gasteiger partial charge in [-0.1, -0.05) is 18.7 Å². The molecule has 2 aromatic carbocycles. The van der Waals surface area contributed by atoms with Crippen LogP contribution in [0.1, 0.15) is 15.9 Å². The Morgan fingerprint density at radius 1 is 1.29 bits per heavy atom. The SMILES string of the molecule is C=CC(=O)Nc1cccc(-n2cc(-c3ccc4c(c3F)CCNC4=O)c([N+](=O)[O-])n2)c1. The van der Waals surface area contributed by atoms with Crippen LogP contribution in [0.15, 0.2) is 55.3 Å². The van der Waals surface area contributed by atoms with E-state index in [-0.39, 0.29) is 41.1 Å². The van der Waals surface area contributed by atoms with Crippen molar-refractivity contribution in [2.24, 2.45) is 0 Å². The summed E-state index contributed by atoms with van der Waals surface area (Å²) < 4.78 is 16.5. The Morgan fingerprint density at radius 3 is 2.81 bits per heavy atom. The lowest BCUT2D eigenvalue weighted by Gasteiger charge is -2.18. The third-order valence-corrected chi connectivity index (χ3v) is 4.87. The van der Waals surface area contributed by atoms with Crippen molar-refractivity contribution in [3.8, 4) is 16.8 Å². The maximum Gasteiger partial charge on any atom is 0.398 e. The van der Waals surface area contributed by atoms with Crippen molar-refractivity contribution in [2.45, 2.75) is 6.42 Å². The molecule has 0 saturated carbocycles. The summed E-state index contributed by atoms with van der Waals surface area (Å²) in [7, 11) is 0. The molecule has 0 saturated heterocycles. The Kier molecular flexibility index (Phi) is 5.04. The maximum atomic E-state index is 15.2. The molecule has 1 aliphatic rings. The van der Waals surface area contributed by atoms with Gasteiger partial charge in [-0.25, -0.2) is 4.39 Å². The fourth-order valence-corrected chi connectivity index (χ4v) is 3.42. The summed E-state index contributed by atoms with van der Waals surface area (Å²) in [5.41, 5.74) is 1.27. The molecule has 156 valence electrons. The summed E-state index contributed by atoms with van der Waals surface area (Å²) in [5.74, 6) is -2.00. The van der Waals surface area contributed by atoms with E-state index < -0.39 is 22.5 Å². The van der Waals surface area contributed by atoms with Crippen molar-refractivity contribution >= 4 is 23.3 Å². The zero-order chi connectivity index (χ0) is 22.1. The Morgan fingerprint density at radius 2 is 2.06 bits per heavy atom. The number of hydrogen-bond donors (Lipinski definition) is 2. The van der Waals surface area contributed by atoms with E-state index in [4.69, 9.17) is 0 Å². The van der Waals surface area contributed by atoms with E-state index in [0.717, 1.165) is 6.08 Å². The second kappa shape index (κ2) is 7.82. The van der Waals surface area contributed by atoms with Crippen LogP contribution in [0.25, 0.3) is 16.8 Å². The molecule has 0 aliphatic carbocycles. The second-order valence-electron chi connectivity index (χ2n) is 6.77. The van der Waals surface area contributed by atoms with E-state index in [1.807, 2.05) is 0 Å². The van der Waals surface area contributed by atoms with Gasteiger partial charge in [-0.3, -0.25) is 9.59 Å². The lowest BCUT2D eigenvalue weighted by atomic mass is 9.94. The van der Waals surface area contributed by atoms with Crippen LogP contribution in [0.4, 0.5) is 15.9 Å². The van der Waals surface area contributed by atoms with E-state index in [1.165, 1.54) is 23.0 Å². The maximum absolute atomic E-state index is 15.2. The number of halogens is 1. The molecule has 0 radical (unpaired) electrons. The molecule has 4 rings (SSSR count). The highest BCUT2D eigenvalue weighted by atomic mass is 19.1. The fourth-order valence-electron chi connectivity index (χ4n) is 3.42. The Balaban J connectivity index is 1.81. The lowest BCUT2D eigenvalue weighted by Crippen LogP contribution is -2.32. The van der Waals surface area contributed by atoms with Crippen LogP contribution in [-0.2, 0) is 11.2 Å². The number of nitrogens with one attached hydrogen (secondary N) is 2. The fraction of sp³-hybridized carbons (Fsp3) is 0.0952. The van der Waals surface area contributed by atoms with Gasteiger partial charge in [0, 0.05) is 28.9 Å². The van der Waals surface area contributed by atoms with Gasteiger partial charge < -0.3 is 20.7 Å². The average Bonchev–Trinajstić information content (AvgIpc) is 3.20. The quantitative estimate of drug-likeness (QED) is 0.373. The van der Waals surface area contributed by atoms with E-state index in [9.17, 15) is 19.7 Å². The standard InChI is InChI=1S/C21H16FN5O4/c1-2-18(28)24-12-4-3-5-13(10-12)26-11-17(20(25-26)27(30)31)14-6-7-16-15(19(14)22)8-9-23-21(16)29/h2-7,10-11H,1,8-9H2,(H,23,29)(H,24,28). The second-order valence-corrected chi connectivity index (χ2v) is 6.77. The molecule has 1 aliphatic heterocycles. The van der Waals surface area contributed by atoms with Crippen LogP contribution in [0.5, 0.6) is 0 Å². The van der Waals surface area contributed by atoms with Gasteiger partial charge in [0.1, 0.15) is 11.4 Å². The van der Waals surface area contributed by atoms with Crippen LogP contribution in [-0.4, -0.2) is 33.1 Å². The summed E-state index contributed by atoms with van der Waals surface area (Å²) in [5, 5.41) is 20.9. The highest BCUT2D eigenvalue weighted by Crippen LogP contribution is 2.35. The highest BCUT2D eigenvalue weighted by molar-refractivity contribution is 5.99. The smallest absolute Gasteiger partial charge is 0.358 e. The molecule has 31 heavy (non-hydrogen) atoms. The minimum Gasteiger partial charge on any atom is -0.358 e. The molecular formula is C21H16FN5O4. The molecule has 0 bridgehead atoms. The number of amides is 2. The largest absolute Gasteiger partial charge is 0.398 e. The number of carbonyl (C=O) groups is 2. The number of fused-ring (bicyclic) bond motifs is 1. The number of rotatable bonds is 5. The van der Waals surface area contributed by atoms with Gasteiger partial charge in [0.2, 0.25) is 5.91 Å². The van der Waals surface area contributed by atoms with Gasteiger partial charge in [0.25, 0.3) is 5.91 Å². The molecule has 0 fully saturated rings. The van der Waals surface area contributed by atoms with Crippen LogP contribution in [0, 0.1) is 15.9 Å². The number of nitro groups is 1. The molecule has 10 heteroatoms. The van der Waals surface area contributed by atoms with Crippen molar-refractivity contribution in [3.05, 3.63) is 82.3 Å². The zero-order valence-electron chi connectivity index (χ0n) is 16.1. The lowest BCUT2D eigenvalue weighted by molar-refractivity contribution is -0.389. The molecule has 2 N–H and O–H groups in total. The molecule has 0 spiro atoms. The summed E-state index contributed by atoms with van der Waals surface area (Å²) in [4.78, 5) is 34.4. The molecule has 0 unspecified atom stereocenters. The van der Waals surface area contributed by atoms with Gasteiger partial charge in [-0.05, 0) is 41.7 Å². The number of aromatic nitrogens is 2. The van der Waals surface area contributed by atoms with E-state index >= 15 is 4.39 Å². The number of benzene rings is 2. The number of nitrogens with zero attached hydrogens (tertiary/aromatic N) is 3. The molecule has 2 heterocycles. The van der Waals surface area contributed by atoms with Crippen molar-refractivity contribution in [1.29, 1.82) is 0 Å². The van der Waals surface area contributed by atoms with Crippen molar-refractivity contribution in [1.82, 2.24) is 15.1 Å². The molecule has 3 aromatic rings. The van der Waals surface area contributed by atoms with Gasteiger partial charge in [0.05, 0.1) is 17.0 Å². The van der Waals surface area contributed by atoms with Gasteiger partial charge in [0.15, 0.2) is 0 Å². The Labute approximate surface area is 175 Å². The first-order chi connectivity index (χ1) is 14.9. The molecule has 1 aromatic heterocycles. The third kappa shape index (κ3) is 3.66. The van der Waals surface area contributed by atoms with Crippen LogP contribution in [0.2, 0.25) is 0 Å². The number of anilines is 1. The van der Waals surface area contributed by atoms with Crippen LogP contribution >= 0.6 is 0 Å². The van der Waals surface area contributed by atoms with Crippen LogP contribution < -0.4 is 10.6 Å².